The normalized spacial score (nSPS) is 22.8. The molecule has 0 aliphatic carbocycles. The van der Waals surface area contributed by atoms with E-state index in [1.165, 1.54) is 0 Å². The predicted octanol–water partition coefficient (Wildman–Crippen LogP) is 1.34. The number of ether oxygens (including phenoxy) is 2. The summed E-state index contributed by atoms with van der Waals surface area (Å²) in [4.78, 5) is 10.7. The van der Waals surface area contributed by atoms with E-state index in [0.717, 1.165) is 12.8 Å². The molecule has 1 saturated heterocycles. The summed E-state index contributed by atoms with van der Waals surface area (Å²) in [6.45, 7) is 4.16. The lowest BCUT2D eigenvalue weighted by Gasteiger charge is -2.10. The van der Waals surface area contributed by atoms with E-state index in [1.807, 2.05) is 0 Å². The fourth-order valence-electron chi connectivity index (χ4n) is 1.52. The van der Waals surface area contributed by atoms with Crippen molar-refractivity contribution in [2.75, 3.05) is 26.3 Å². The third-order valence-corrected chi connectivity index (χ3v) is 2.49. The molecule has 0 spiro atoms. The molecule has 1 atom stereocenters. The predicted molar refractivity (Wildman–Crippen MR) is 58.0 cm³/mol. The first-order chi connectivity index (χ1) is 8.06. The molecule has 1 aliphatic rings. The summed E-state index contributed by atoms with van der Waals surface area (Å²) in [6.07, 6.45) is 0.843. The third-order valence-electron chi connectivity index (χ3n) is 2.49. The maximum Gasteiger partial charge on any atom is 0.377 e. The van der Waals surface area contributed by atoms with Crippen LogP contribution in [0.15, 0.2) is 0 Å². The summed E-state index contributed by atoms with van der Waals surface area (Å²) in [5.41, 5.74) is 0. The highest BCUT2D eigenvalue weighted by atomic mass is 19.3. The van der Waals surface area contributed by atoms with E-state index in [-0.39, 0.29) is 6.54 Å². The van der Waals surface area contributed by atoms with Crippen LogP contribution in [0.2, 0.25) is 0 Å². The van der Waals surface area contributed by atoms with Crippen molar-refractivity contribution in [1.29, 1.82) is 0 Å². The van der Waals surface area contributed by atoms with Gasteiger partial charge in [-0.2, -0.15) is 8.78 Å². The first-order valence-electron chi connectivity index (χ1n) is 5.93. The molecule has 1 rings (SSSR count). The fraction of sp³-hybridized carbons (Fsp3) is 0.909. The molecular weight excluding hydrogens is 232 g/mol. The first-order valence-corrected chi connectivity index (χ1v) is 5.93. The molecule has 1 aliphatic heterocycles. The number of carbonyl (C=O) groups is 1. The minimum atomic E-state index is -3.32. The van der Waals surface area contributed by atoms with Gasteiger partial charge in [0, 0.05) is 19.7 Å². The molecule has 17 heavy (non-hydrogen) atoms. The summed E-state index contributed by atoms with van der Waals surface area (Å²) < 4.78 is 35.4. The summed E-state index contributed by atoms with van der Waals surface area (Å²) in [5, 5.41) is 2.93. The van der Waals surface area contributed by atoms with Crippen molar-refractivity contribution in [1.82, 2.24) is 5.32 Å². The smallest absolute Gasteiger partial charge is 0.377 e. The van der Waals surface area contributed by atoms with Gasteiger partial charge in [-0.1, -0.05) is 13.3 Å². The van der Waals surface area contributed by atoms with Crippen LogP contribution in [0.4, 0.5) is 8.78 Å². The van der Waals surface area contributed by atoms with Crippen LogP contribution < -0.4 is 5.32 Å². The molecule has 0 aromatic heterocycles. The Labute approximate surface area is 99.7 Å². The van der Waals surface area contributed by atoms with Crippen molar-refractivity contribution in [2.24, 2.45) is 0 Å². The van der Waals surface area contributed by atoms with Gasteiger partial charge in [0.15, 0.2) is 0 Å². The minimum absolute atomic E-state index is 0.248. The van der Waals surface area contributed by atoms with E-state index in [2.05, 4.69) is 17.0 Å². The highest BCUT2D eigenvalue weighted by Crippen LogP contribution is 2.30. The molecule has 0 saturated carbocycles. The lowest BCUT2D eigenvalue weighted by atomic mass is 10.2. The standard InChI is InChI=1S/C11H19F2NO3/c1-2-3-5-16-6-4-14-8-9-7-11(12,13)10(15)17-9/h9,14H,2-8H2,1H3. The van der Waals surface area contributed by atoms with Gasteiger partial charge in [-0.05, 0) is 6.42 Å². The number of esters is 1. The van der Waals surface area contributed by atoms with Gasteiger partial charge in [0.1, 0.15) is 6.10 Å². The molecule has 0 aromatic carbocycles. The quantitative estimate of drug-likeness (QED) is 0.522. The SMILES string of the molecule is CCCCOCCNCC1CC(F)(F)C(=O)O1. The van der Waals surface area contributed by atoms with Crippen LogP contribution in [-0.2, 0) is 14.3 Å². The van der Waals surface area contributed by atoms with Gasteiger partial charge >= 0.3 is 11.9 Å². The number of hydrogen-bond acceptors (Lipinski definition) is 4. The number of nitrogens with one attached hydrogen (secondary N) is 1. The Morgan fingerprint density at radius 3 is 2.88 bits per heavy atom. The lowest BCUT2D eigenvalue weighted by molar-refractivity contribution is -0.159. The average molecular weight is 251 g/mol. The zero-order valence-corrected chi connectivity index (χ0v) is 10.0. The number of alkyl halides is 2. The Hall–Kier alpha value is -0.750. The monoisotopic (exact) mass is 251 g/mol. The Bertz CT molecular complexity index is 249. The molecule has 4 nitrogen and oxygen atoms in total. The second-order valence-corrected chi connectivity index (χ2v) is 4.11. The van der Waals surface area contributed by atoms with Gasteiger partial charge < -0.3 is 14.8 Å². The zero-order chi connectivity index (χ0) is 12.7. The molecule has 1 unspecified atom stereocenters. The van der Waals surface area contributed by atoms with E-state index in [1.54, 1.807) is 0 Å². The topological polar surface area (TPSA) is 47.6 Å². The van der Waals surface area contributed by atoms with Crippen molar-refractivity contribution in [3.63, 3.8) is 0 Å². The summed E-state index contributed by atoms with van der Waals surface area (Å²) in [6, 6.07) is 0. The number of rotatable bonds is 8. The molecule has 1 fully saturated rings. The summed E-state index contributed by atoms with van der Waals surface area (Å²) in [7, 11) is 0. The number of cyclic esters (lactones) is 1. The molecule has 0 aromatic rings. The minimum Gasteiger partial charge on any atom is -0.456 e. The van der Waals surface area contributed by atoms with Crippen LogP contribution in [-0.4, -0.2) is 44.3 Å². The van der Waals surface area contributed by atoms with Crippen LogP contribution in [0.5, 0.6) is 0 Å². The van der Waals surface area contributed by atoms with Gasteiger partial charge in [0.05, 0.1) is 13.0 Å². The zero-order valence-electron chi connectivity index (χ0n) is 10.0. The fourth-order valence-corrected chi connectivity index (χ4v) is 1.52. The van der Waals surface area contributed by atoms with Crippen molar-refractivity contribution in [3.05, 3.63) is 0 Å². The molecule has 1 N–H and O–H groups in total. The maximum atomic E-state index is 12.8. The van der Waals surface area contributed by atoms with Crippen LogP contribution in [0.25, 0.3) is 0 Å². The van der Waals surface area contributed by atoms with Gasteiger partial charge in [-0.3, -0.25) is 0 Å². The molecule has 0 amide bonds. The van der Waals surface area contributed by atoms with Crippen molar-refractivity contribution in [2.45, 2.75) is 38.2 Å². The van der Waals surface area contributed by atoms with E-state index >= 15 is 0 Å². The second kappa shape index (κ2) is 6.86. The Morgan fingerprint density at radius 2 is 2.29 bits per heavy atom. The average Bonchev–Trinajstić information content (AvgIpc) is 2.51. The molecule has 6 heteroatoms. The number of unbranched alkanes of at least 4 members (excludes halogenated alkanes) is 1. The Morgan fingerprint density at radius 1 is 1.53 bits per heavy atom. The highest BCUT2D eigenvalue weighted by molar-refractivity contribution is 5.79. The van der Waals surface area contributed by atoms with Gasteiger partial charge in [0.25, 0.3) is 0 Å². The third kappa shape index (κ3) is 4.95. The highest BCUT2D eigenvalue weighted by Gasteiger charge is 2.50. The van der Waals surface area contributed by atoms with Gasteiger partial charge in [-0.25, -0.2) is 4.79 Å². The van der Waals surface area contributed by atoms with Crippen molar-refractivity contribution < 1.29 is 23.0 Å². The molecule has 0 radical (unpaired) electrons. The summed E-state index contributed by atoms with van der Waals surface area (Å²) >= 11 is 0. The number of carbonyl (C=O) groups excluding carboxylic acids is 1. The largest absolute Gasteiger partial charge is 0.456 e. The van der Waals surface area contributed by atoms with Crippen molar-refractivity contribution >= 4 is 5.97 Å². The number of hydrogen-bond donors (Lipinski definition) is 1. The maximum absolute atomic E-state index is 12.8. The van der Waals surface area contributed by atoms with E-state index in [0.29, 0.717) is 19.8 Å². The van der Waals surface area contributed by atoms with Crippen molar-refractivity contribution in [3.8, 4) is 0 Å². The lowest BCUT2D eigenvalue weighted by Crippen LogP contribution is -2.29. The van der Waals surface area contributed by atoms with Crippen LogP contribution in [0.3, 0.4) is 0 Å². The van der Waals surface area contributed by atoms with Crippen LogP contribution in [0.1, 0.15) is 26.2 Å². The van der Waals surface area contributed by atoms with Gasteiger partial charge in [0.2, 0.25) is 0 Å². The van der Waals surface area contributed by atoms with Gasteiger partial charge in [-0.15, -0.1) is 0 Å². The Balaban J connectivity index is 1.99. The molecule has 0 bridgehead atoms. The second-order valence-electron chi connectivity index (χ2n) is 4.11. The summed E-state index contributed by atoms with van der Waals surface area (Å²) in [5.74, 6) is -4.73. The van der Waals surface area contributed by atoms with Crippen LogP contribution in [0, 0.1) is 0 Å². The van der Waals surface area contributed by atoms with E-state index < -0.39 is 24.4 Å². The molecule has 1 heterocycles. The van der Waals surface area contributed by atoms with Crippen LogP contribution >= 0.6 is 0 Å². The number of halogens is 2. The van der Waals surface area contributed by atoms with E-state index in [4.69, 9.17) is 4.74 Å². The van der Waals surface area contributed by atoms with E-state index in [9.17, 15) is 13.6 Å². The molecule has 100 valence electrons. The molecular formula is C11H19F2NO3. The Kier molecular flexibility index (Phi) is 5.77. The first kappa shape index (κ1) is 14.3.